The van der Waals surface area contributed by atoms with Crippen LogP contribution in [0.5, 0.6) is 0 Å². The van der Waals surface area contributed by atoms with E-state index < -0.39 is 33.1 Å². The Kier molecular flexibility index (Phi) is 20.7. The highest BCUT2D eigenvalue weighted by Gasteiger charge is 2.24. The molecule has 1 unspecified atom stereocenters. The average molecular weight is 476 g/mol. The summed E-state index contributed by atoms with van der Waals surface area (Å²) in [4.78, 5) is 21.3. The molecule has 186 valence electrons. The number of aliphatic hydroxyl groups excluding tert-OH is 1. The molecule has 8 nitrogen and oxygen atoms in total. The second-order valence-electron chi connectivity index (χ2n) is 7.28. The lowest BCUT2D eigenvalue weighted by Crippen LogP contribution is -2.27. The lowest BCUT2D eigenvalue weighted by atomic mass is 10.1. The average Bonchev–Trinajstić information content (AvgIpc) is 2.77. The first kappa shape index (κ1) is 30.7. The van der Waals surface area contributed by atoms with Crippen molar-refractivity contribution in [1.29, 1.82) is 0 Å². The van der Waals surface area contributed by atoms with E-state index in [4.69, 9.17) is 15.0 Å². The van der Waals surface area contributed by atoms with Crippen LogP contribution < -0.4 is 5.73 Å². The molecule has 0 fully saturated rings. The van der Waals surface area contributed by atoms with Gasteiger partial charge in [0.05, 0.1) is 19.8 Å². The molecule has 0 saturated carbocycles. The molecule has 4 N–H and O–H groups in total. The van der Waals surface area contributed by atoms with Gasteiger partial charge in [-0.2, -0.15) is 0 Å². The Morgan fingerprint density at radius 3 is 2.25 bits per heavy atom. The van der Waals surface area contributed by atoms with Crippen molar-refractivity contribution in [3.8, 4) is 0 Å². The van der Waals surface area contributed by atoms with Crippen molar-refractivity contribution in [2.75, 3.05) is 26.4 Å². The first-order valence-electron chi connectivity index (χ1n) is 11.5. The van der Waals surface area contributed by atoms with Crippen molar-refractivity contribution in [3.63, 3.8) is 0 Å². The highest BCUT2D eigenvalue weighted by Crippen LogP contribution is 2.42. The maximum absolute atomic E-state index is 11.9. The Labute approximate surface area is 193 Å². The number of unbranched alkanes of at least 4 members (excludes halogenated alkanes) is 5. The fourth-order valence-corrected chi connectivity index (χ4v) is 3.41. The number of phosphoric acid groups is 1. The summed E-state index contributed by atoms with van der Waals surface area (Å²) in [6.07, 6.45) is 21.4. The summed E-state index contributed by atoms with van der Waals surface area (Å²) in [5, 5.41) is 9.25. The Morgan fingerprint density at radius 1 is 0.969 bits per heavy atom. The quantitative estimate of drug-likeness (QED) is 0.0953. The van der Waals surface area contributed by atoms with Crippen LogP contribution >= 0.6 is 7.82 Å². The van der Waals surface area contributed by atoms with Crippen molar-refractivity contribution >= 4 is 13.8 Å². The summed E-state index contributed by atoms with van der Waals surface area (Å²) in [6, 6.07) is 0. The maximum atomic E-state index is 11.9. The van der Waals surface area contributed by atoms with Crippen LogP contribution in [0.15, 0.2) is 36.5 Å². The third kappa shape index (κ3) is 20.6. The SMILES string of the molecule is CCC=CCC=CCC=CCCCCCCCC(=O)O[C@H](CO)COP(=O)(O)OCCN. The number of aliphatic hydroxyl groups is 1. The monoisotopic (exact) mass is 475 g/mol. The minimum Gasteiger partial charge on any atom is -0.457 e. The number of phosphoric ester groups is 1. The third-order valence-corrected chi connectivity index (χ3v) is 5.31. The van der Waals surface area contributed by atoms with E-state index >= 15 is 0 Å². The van der Waals surface area contributed by atoms with Gasteiger partial charge in [-0.05, 0) is 38.5 Å². The Hall–Kier alpha value is -1.28. The molecule has 0 aromatic carbocycles. The number of carbonyl (C=O) groups excluding carboxylic acids is 1. The zero-order valence-corrected chi connectivity index (χ0v) is 20.3. The van der Waals surface area contributed by atoms with Crippen LogP contribution in [0, 0.1) is 0 Å². The molecule has 2 atom stereocenters. The second-order valence-corrected chi connectivity index (χ2v) is 8.73. The third-order valence-electron chi connectivity index (χ3n) is 4.33. The van der Waals surface area contributed by atoms with Gasteiger partial charge in [0, 0.05) is 13.0 Å². The second kappa shape index (κ2) is 21.6. The zero-order valence-electron chi connectivity index (χ0n) is 19.4. The van der Waals surface area contributed by atoms with Gasteiger partial charge in [0.25, 0.3) is 0 Å². The number of nitrogens with two attached hydrogens (primary N) is 1. The summed E-state index contributed by atoms with van der Waals surface area (Å²) in [5.74, 6) is -0.468. The summed E-state index contributed by atoms with van der Waals surface area (Å²) in [5.41, 5.74) is 5.18. The lowest BCUT2D eigenvalue weighted by Gasteiger charge is -2.17. The fourth-order valence-electron chi connectivity index (χ4n) is 2.64. The summed E-state index contributed by atoms with van der Waals surface area (Å²) in [6.45, 7) is 1.12. The molecule has 0 aliphatic heterocycles. The molecule has 0 saturated heterocycles. The van der Waals surface area contributed by atoms with E-state index in [-0.39, 0.29) is 19.6 Å². The van der Waals surface area contributed by atoms with Gasteiger partial charge in [-0.25, -0.2) is 4.57 Å². The highest BCUT2D eigenvalue weighted by molar-refractivity contribution is 7.47. The van der Waals surface area contributed by atoms with Crippen LogP contribution in [0.2, 0.25) is 0 Å². The van der Waals surface area contributed by atoms with Gasteiger partial charge < -0.3 is 20.5 Å². The van der Waals surface area contributed by atoms with Crippen LogP contribution in [0.25, 0.3) is 0 Å². The number of allylic oxidation sites excluding steroid dienone is 6. The number of carbonyl (C=O) groups is 1. The molecule has 0 aromatic heterocycles. The minimum atomic E-state index is -4.27. The van der Waals surface area contributed by atoms with E-state index in [2.05, 4.69) is 47.9 Å². The van der Waals surface area contributed by atoms with E-state index in [0.717, 1.165) is 51.4 Å². The highest BCUT2D eigenvalue weighted by atomic mass is 31.2. The molecular formula is C23H42NO7P. The molecule has 0 radical (unpaired) electrons. The molecule has 0 aromatic rings. The van der Waals surface area contributed by atoms with Gasteiger partial charge >= 0.3 is 13.8 Å². The van der Waals surface area contributed by atoms with Crippen LogP contribution in [-0.2, 0) is 23.1 Å². The van der Waals surface area contributed by atoms with Gasteiger partial charge in [-0.3, -0.25) is 13.8 Å². The number of ether oxygens (including phenoxy) is 1. The van der Waals surface area contributed by atoms with E-state index in [0.29, 0.717) is 6.42 Å². The number of hydrogen-bond donors (Lipinski definition) is 3. The molecule has 9 heteroatoms. The smallest absolute Gasteiger partial charge is 0.457 e. The van der Waals surface area contributed by atoms with Crippen LogP contribution in [-0.4, -0.2) is 48.4 Å². The normalized spacial score (nSPS) is 15.0. The van der Waals surface area contributed by atoms with E-state index in [1.807, 2.05) is 0 Å². The topological polar surface area (TPSA) is 128 Å². The van der Waals surface area contributed by atoms with Gasteiger partial charge in [-0.1, -0.05) is 62.6 Å². The predicted octanol–water partition coefficient (Wildman–Crippen LogP) is 4.57. The van der Waals surface area contributed by atoms with Crippen molar-refractivity contribution in [1.82, 2.24) is 0 Å². The molecule has 0 aliphatic carbocycles. The summed E-state index contributed by atoms with van der Waals surface area (Å²) in [7, 11) is -4.27. The van der Waals surface area contributed by atoms with E-state index in [9.17, 15) is 19.4 Å². The molecule has 0 spiro atoms. The first-order chi connectivity index (χ1) is 15.4. The molecule has 0 heterocycles. The maximum Gasteiger partial charge on any atom is 0.472 e. The van der Waals surface area contributed by atoms with Crippen molar-refractivity contribution in [2.24, 2.45) is 5.73 Å². The lowest BCUT2D eigenvalue weighted by molar-refractivity contribution is -0.153. The van der Waals surface area contributed by atoms with E-state index in [1.54, 1.807) is 0 Å². The number of rotatable bonds is 21. The van der Waals surface area contributed by atoms with Gasteiger partial charge in [-0.15, -0.1) is 0 Å². The number of hydrogen-bond acceptors (Lipinski definition) is 7. The minimum absolute atomic E-state index is 0.0675. The molecule has 32 heavy (non-hydrogen) atoms. The van der Waals surface area contributed by atoms with Crippen molar-refractivity contribution in [3.05, 3.63) is 36.5 Å². The summed E-state index contributed by atoms with van der Waals surface area (Å²) >= 11 is 0. The Balaban J connectivity index is 3.72. The summed E-state index contributed by atoms with van der Waals surface area (Å²) < 4.78 is 25.9. The largest absolute Gasteiger partial charge is 0.472 e. The van der Waals surface area contributed by atoms with Crippen molar-refractivity contribution in [2.45, 2.75) is 77.2 Å². The zero-order chi connectivity index (χ0) is 23.9. The molecule has 0 amide bonds. The van der Waals surface area contributed by atoms with Gasteiger partial charge in [0.15, 0.2) is 0 Å². The first-order valence-corrected chi connectivity index (χ1v) is 13.0. The standard InChI is InChI=1S/C23H42NO7P/c1-2-3-4-5-6-7-8-9-10-11-12-13-14-15-16-17-23(26)31-22(20-25)21-30-32(27,28)29-19-18-24/h3-4,6-7,9-10,22,25H,2,5,8,11-21,24H2,1H3,(H,27,28)/t22-/m1/s1. The number of esters is 1. The molecule has 0 rings (SSSR count). The van der Waals surface area contributed by atoms with Crippen LogP contribution in [0.1, 0.15) is 71.1 Å². The molecular weight excluding hydrogens is 433 g/mol. The van der Waals surface area contributed by atoms with Gasteiger partial charge in [0.2, 0.25) is 0 Å². The van der Waals surface area contributed by atoms with E-state index in [1.165, 1.54) is 0 Å². The van der Waals surface area contributed by atoms with Gasteiger partial charge in [0.1, 0.15) is 6.10 Å². The van der Waals surface area contributed by atoms with Crippen LogP contribution in [0.3, 0.4) is 0 Å². The van der Waals surface area contributed by atoms with Crippen LogP contribution in [0.4, 0.5) is 0 Å². The molecule has 0 bridgehead atoms. The fraction of sp³-hybridized carbons (Fsp3) is 0.696. The Bertz CT molecular complexity index is 593. The Morgan fingerprint density at radius 2 is 1.59 bits per heavy atom. The molecule has 0 aliphatic rings. The predicted molar refractivity (Wildman–Crippen MR) is 127 cm³/mol. The van der Waals surface area contributed by atoms with Crippen molar-refractivity contribution < 1.29 is 33.1 Å².